The Balaban J connectivity index is 2.71. The molecule has 0 aliphatic rings. The van der Waals surface area contributed by atoms with Gasteiger partial charge in [-0.2, -0.15) is 12.6 Å². The first-order valence-corrected chi connectivity index (χ1v) is 6.64. The van der Waals surface area contributed by atoms with Crippen LogP contribution in [0, 0.1) is 0 Å². The number of phenols is 1. The number of aromatic hydroxyl groups is 1. The lowest BCUT2D eigenvalue weighted by molar-refractivity contribution is -0.148. The van der Waals surface area contributed by atoms with E-state index in [1.807, 2.05) is 0 Å². The van der Waals surface area contributed by atoms with Gasteiger partial charge in [0.05, 0.1) is 6.04 Å². The number of nitrogens with two attached hydrogens (primary N) is 1. The van der Waals surface area contributed by atoms with Crippen molar-refractivity contribution in [3.05, 3.63) is 29.8 Å². The number of carbonyl (C=O) groups is 2. The van der Waals surface area contributed by atoms with Crippen LogP contribution < -0.4 is 5.73 Å². The molecule has 1 rings (SSSR count). The van der Waals surface area contributed by atoms with Gasteiger partial charge in [0.1, 0.15) is 11.8 Å². The summed E-state index contributed by atoms with van der Waals surface area (Å²) < 4.78 is 0. The topological polar surface area (TPSA) is 104 Å². The summed E-state index contributed by atoms with van der Waals surface area (Å²) in [5.41, 5.74) is 6.60. The molecule has 0 aliphatic heterocycles. The lowest BCUT2D eigenvalue weighted by Crippen LogP contribution is -2.50. The molecule has 0 spiro atoms. The minimum Gasteiger partial charge on any atom is -0.508 e. The van der Waals surface area contributed by atoms with Crippen LogP contribution in [0.4, 0.5) is 0 Å². The number of phenolic OH excluding ortho intramolecular Hbond substituents is 1. The number of thiol groups is 1. The molecule has 6 nitrogen and oxygen atoms in total. The molecule has 0 aromatic heterocycles. The molecule has 0 bridgehead atoms. The first-order chi connectivity index (χ1) is 9.36. The molecule has 110 valence electrons. The molecule has 0 unspecified atom stereocenters. The first-order valence-electron chi connectivity index (χ1n) is 6.00. The van der Waals surface area contributed by atoms with E-state index in [0.29, 0.717) is 0 Å². The van der Waals surface area contributed by atoms with E-state index in [1.54, 1.807) is 12.1 Å². The third-order valence-electron chi connectivity index (χ3n) is 2.98. The van der Waals surface area contributed by atoms with E-state index in [2.05, 4.69) is 12.6 Å². The number of benzene rings is 1. The van der Waals surface area contributed by atoms with Crippen LogP contribution in [0.2, 0.25) is 0 Å². The van der Waals surface area contributed by atoms with E-state index in [-0.39, 0.29) is 17.9 Å². The van der Waals surface area contributed by atoms with Crippen LogP contribution in [0.25, 0.3) is 0 Å². The second-order valence-corrected chi connectivity index (χ2v) is 4.83. The van der Waals surface area contributed by atoms with Crippen molar-refractivity contribution in [2.24, 2.45) is 5.73 Å². The summed E-state index contributed by atoms with van der Waals surface area (Å²) in [4.78, 5) is 24.2. The average molecular weight is 298 g/mol. The highest BCUT2D eigenvalue weighted by atomic mass is 32.1. The summed E-state index contributed by atoms with van der Waals surface area (Å²) in [6, 6.07) is 4.49. The number of hydrogen-bond acceptors (Lipinski definition) is 5. The van der Waals surface area contributed by atoms with Gasteiger partial charge < -0.3 is 20.8 Å². The van der Waals surface area contributed by atoms with Gasteiger partial charge in [-0.15, -0.1) is 0 Å². The predicted molar refractivity (Wildman–Crippen MR) is 77.8 cm³/mol. The quantitative estimate of drug-likeness (QED) is 0.558. The van der Waals surface area contributed by atoms with Gasteiger partial charge >= 0.3 is 5.97 Å². The van der Waals surface area contributed by atoms with Gasteiger partial charge in [0, 0.05) is 12.8 Å². The number of carboxylic acids is 1. The van der Waals surface area contributed by atoms with Crippen LogP contribution in [-0.4, -0.2) is 51.9 Å². The molecule has 0 aliphatic carbocycles. The summed E-state index contributed by atoms with van der Waals surface area (Å²) in [7, 11) is 1.40. The van der Waals surface area contributed by atoms with Gasteiger partial charge in [0.2, 0.25) is 5.91 Å². The molecule has 1 aromatic carbocycles. The number of carboxylic acid groups (broad SMARTS) is 1. The second-order valence-electron chi connectivity index (χ2n) is 4.46. The number of rotatable bonds is 6. The zero-order valence-corrected chi connectivity index (χ0v) is 12.0. The number of likely N-dealkylation sites (N-methyl/N-ethyl adjacent to an activating group) is 1. The zero-order valence-electron chi connectivity index (χ0n) is 11.1. The average Bonchev–Trinajstić information content (AvgIpc) is 2.40. The summed E-state index contributed by atoms with van der Waals surface area (Å²) in [5.74, 6) is -1.43. The first kappa shape index (κ1) is 16.3. The molecule has 7 heteroatoms. The van der Waals surface area contributed by atoms with Crippen molar-refractivity contribution in [1.82, 2.24) is 4.90 Å². The fourth-order valence-corrected chi connectivity index (χ4v) is 2.16. The predicted octanol–water partition coefficient (Wildman–Crippen LogP) is 0.103. The van der Waals surface area contributed by atoms with Crippen LogP contribution in [0.3, 0.4) is 0 Å². The third kappa shape index (κ3) is 4.14. The Bertz CT molecular complexity index is 478. The largest absolute Gasteiger partial charge is 0.508 e. The van der Waals surface area contributed by atoms with E-state index in [9.17, 15) is 14.7 Å². The highest BCUT2D eigenvalue weighted by Gasteiger charge is 2.28. The Morgan fingerprint density at radius 2 is 1.90 bits per heavy atom. The monoisotopic (exact) mass is 298 g/mol. The van der Waals surface area contributed by atoms with Crippen LogP contribution in [0.1, 0.15) is 5.56 Å². The molecular formula is C13H18N2O4S. The van der Waals surface area contributed by atoms with E-state index in [4.69, 9.17) is 10.8 Å². The van der Waals surface area contributed by atoms with Gasteiger partial charge in [-0.25, -0.2) is 4.79 Å². The lowest BCUT2D eigenvalue weighted by Gasteiger charge is -2.26. The number of aliphatic carboxylic acids is 1. The van der Waals surface area contributed by atoms with Crippen molar-refractivity contribution >= 4 is 24.5 Å². The van der Waals surface area contributed by atoms with Crippen LogP contribution in [0.5, 0.6) is 5.75 Å². The molecule has 1 aromatic rings. The van der Waals surface area contributed by atoms with Crippen molar-refractivity contribution in [1.29, 1.82) is 0 Å². The van der Waals surface area contributed by atoms with Crippen LogP contribution >= 0.6 is 12.6 Å². The maximum atomic E-state index is 12.1. The Kier molecular flexibility index (Phi) is 5.84. The molecule has 20 heavy (non-hydrogen) atoms. The Morgan fingerprint density at radius 3 is 2.35 bits per heavy atom. The van der Waals surface area contributed by atoms with Crippen molar-refractivity contribution in [3.63, 3.8) is 0 Å². The molecular weight excluding hydrogens is 280 g/mol. The van der Waals surface area contributed by atoms with E-state index in [0.717, 1.165) is 10.5 Å². The number of amides is 1. The maximum absolute atomic E-state index is 12.1. The Morgan fingerprint density at radius 1 is 1.35 bits per heavy atom. The highest BCUT2D eigenvalue weighted by molar-refractivity contribution is 7.80. The molecule has 4 N–H and O–H groups in total. The molecule has 2 atom stereocenters. The zero-order chi connectivity index (χ0) is 15.3. The number of nitrogens with zero attached hydrogens (tertiary/aromatic N) is 1. The van der Waals surface area contributed by atoms with Gasteiger partial charge in [-0.3, -0.25) is 4.79 Å². The van der Waals surface area contributed by atoms with E-state index in [1.165, 1.54) is 19.2 Å². The SMILES string of the molecule is CN(C(=O)[C@@H](N)Cc1ccc(O)cc1)[C@@H](CS)C(=O)O. The van der Waals surface area contributed by atoms with Crippen molar-refractivity contribution in [2.75, 3.05) is 12.8 Å². The maximum Gasteiger partial charge on any atom is 0.327 e. The van der Waals surface area contributed by atoms with Gasteiger partial charge in [0.15, 0.2) is 0 Å². The summed E-state index contributed by atoms with van der Waals surface area (Å²) in [6.07, 6.45) is 0.266. The minimum absolute atomic E-state index is 0.0174. The summed E-state index contributed by atoms with van der Waals surface area (Å²) in [6.45, 7) is 0. The summed E-state index contributed by atoms with van der Waals surface area (Å²) in [5, 5.41) is 18.2. The molecule has 0 saturated heterocycles. The second kappa shape index (κ2) is 7.16. The molecule has 0 saturated carbocycles. The fourth-order valence-electron chi connectivity index (χ4n) is 1.75. The van der Waals surface area contributed by atoms with Crippen LogP contribution in [-0.2, 0) is 16.0 Å². The third-order valence-corrected chi connectivity index (χ3v) is 3.33. The fraction of sp³-hybridized carbons (Fsp3) is 0.385. The number of hydrogen-bond donors (Lipinski definition) is 4. The molecule has 0 radical (unpaired) electrons. The number of carbonyl (C=O) groups excluding carboxylic acids is 1. The Hall–Kier alpha value is -1.73. The van der Waals surface area contributed by atoms with E-state index >= 15 is 0 Å². The van der Waals surface area contributed by atoms with Crippen molar-refractivity contribution in [2.45, 2.75) is 18.5 Å². The van der Waals surface area contributed by atoms with Gasteiger partial charge in [-0.1, -0.05) is 12.1 Å². The molecule has 0 fully saturated rings. The smallest absolute Gasteiger partial charge is 0.327 e. The standard InChI is InChI=1S/C13H18N2O4S/c1-15(11(7-20)13(18)19)12(17)10(14)6-8-2-4-9(16)5-3-8/h2-5,10-11,16,20H,6-7,14H2,1H3,(H,18,19)/t10-,11-/m0/s1. The lowest BCUT2D eigenvalue weighted by atomic mass is 10.0. The van der Waals surface area contributed by atoms with Gasteiger partial charge in [-0.05, 0) is 24.1 Å². The van der Waals surface area contributed by atoms with Gasteiger partial charge in [0.25, 0.3) is 0 Å². The van der Waals surface area contributed by atoms with Crippen molar-refractivity contribution in [3.8, 4) is 5.75 Å². The van der Waals surface area contributed by atoms with Crippen LogP contribution in [0.15, 0.2) is 24.3 Å². The summed E-state index contributed by atoms with van der Waals surface area (Å²) >= 11 is 3.92. The highest BCUT2D eigenvalue weighted by Crippen LogP contribution is 2.12. The normalized spacial score (nSPS) is 13.6. The molecule has 1 amide bonds. The van der Waals surface area contributed by atoms with E-state index < -0.39 is 24.0 Å². The minimum atomic E-state index is -1.12. The molecule has 0 heterocycles. The Labute approximate surface area is 122 Å². The van der Waals surface area contributed by atoms with Crippen molar-refractivity contribution < 1.29 is 19.8 Å².